The fourth-order valence-corrected chi connectivity index (χ4v) is 3.63. The van der Waals surface area contributed by atoms with Crippen LogP contribution in [0.1, 0.15) is 18.5 Å². The van der Waals surface area contributed by atoms with Crippen molar-refractivity contribution in [3.63, 3.8) is 0 Å². The predicted octanol–water partition coefficient (Wildman–Crippen LogP) is 4.59. The molecule has 0 bridgehead atoms. The van der Waals surface area contributed by atoms with Crippen LogP contribution in [0, 0.1) is 0 Å². The molecule has 0 saturated heterocycles. The van der Waals surface area contributed by atoms with Gasteiger partial charge in [0, 0.05) is 0 Å². The lowest BCUT2D eigenvalue weighted by Gasteiger charge is -2.16. The number of ether oxygens (including phenoxy) is 3. The lowest BCUT2D eigenvalue weighted by Crippen LogP contribution is -2.31. The second-order valence-electron chi connectivity index (χ2n) is 6.29. The van der Waals surface area contributed by atoms with Crippen LogP contribution < -0.4 is 19.5 Å². The molecule has 0 radical (unpaired) electrons. The normalized spacial score (nSPS) is 13.4. The third kappa shape index (κ3) is 3.71. The number of halogens is 1. The van der Waals surface area contributed by atoms with E-state index < -0.39 is 0 Å². The molecule has 0 saturated carbocycles. The first-order valence-corrected chi connectivity index (χ1v) is 9.40. The van der Waals surface area contributed by atoms with Crippen LogP contribution in [0.4, 0.5) is 0 Å². The van der Waals surface area contributed by atoms with Crippen LogP contribution >= 0.6 is 15.9 Å². The summed E-state index contributed by atoms with van der Waals surface area (Å²) < 4.78 is 17.3. The van der Waals surface area contributed by atoms with Gasteiger partial charge in [-0.3, -0.25) is 4.79 Å². The van der Waals surface area contributed by atoms with E-state index in [1.807, 2.05) is 61.5 Å². The lowest BCUT2D eigenvalue weighted by atomic mass is 10.1. The van der Waals surface area contributed by atoms with Gasteiger partial charge in [-0.1, -0.05) is 36.4 Å². The lowest BCUT2D eigenvalue weighted by molar-refractivity contribution is -0.123. The van der Waals surface area contributed by atoms with Gasteiger partial charge in [-0.15, -0.1) is 0 Å². The van der Waals surface area contributed by atoms with Crippen molar-refractivity contribution in [1.82, 2.24) is 5.32 Å². The summed E-state index contributed by atoms with van der Waals surface area (Å²) in [7, 11) is 0. The molecular weight excluding hydrogens is 410 g/mol. The number of carbonyl (C=O) groups excluding carboxylic acids is 1. The van der Waals surface area contributed by atoms with Crippen LogP contribution in [0.5, 0.6) is 17.2 Å². The third-order valence-corrected chi connectivity index (χ3v) is 5.28. The smallest absolute Gasteiger partial charge is 0.258 e. The molecule has 6 heteroatoms. The molecule has 0 aromatic heterocycles. The summed E-state index contributed by atoms with van der Waals surface area (Å²) in [5, 5.41) is 5.09. The van der Waals surface area contributed by atoms with Gasteiger partial charge >= 0.3 is 0 Å². The Hall–Kier alpha value is -2.73. The highest BCUT2D eigenvalue weighted by Gasteiger charge is 2.17. The van der Waals surface area contributed by atoms with Crippen molar-refractivity contribution in [2.24, 2.45) is 0 Å². The summed E-state index contributed by atoms with van der Waals surface area (Å²) in [5.41, 5.74) is 0.944. The Balaban J connectivity index is 1.39. The molecule has 1 atom stereocenters. The average Bonchev–Trinajstić information content (AvgIpc) is 3.15. The number of nitrogens with one attached hydrogen (secondary N) is 1. The van der Waals surface area contributed by atoms with E-state index in [1.165, 1.54) is 0 Å². The summed E-state index contributed by atoms with van der Waals surface area (Å²) in [4.78, 5) is 12.3. The first-order valence-electron chi connectivity index (χ1n) is 8.61. The topological polar surface area (TPSA) is 56.8 Å². The summed E-state index contributed by atoms with van der Waals surface area (Å²) in [6, 6.07) is 17.3. The van der Waals surface area contributed by atoms with Crippen molar-refractivity contribution < 1.29 is 19.0 Å². The van der Waals surface area contributed by atoms with Gasteiger partial charge in [0.25, 0.3) is 5.91 Å². The zero-order valence-electron chi connectivity index (χ0n) is 14.7. The third-order valence-electron chi connectivity index (χ3n) is 4.46. The largest absolute Gasteiger partial charge is 0.483 e. The monoisotopic (exact) mass is 427 g/mol. The van der Waals surface area contributed by atoms with Crippen LogP contribution in [0.3, 0.4) is 0 Å². The quantitative estimate of drug-likeness (QED) is 0.646. The molecular formula is C21H18BrNO4. The van der Waals surface area contributed by atoms with Crippen molar-refractivity contribution in [2.45, 2.75) is 13.0 Å². The van der Waals surface area contributed by atoms with E-state index in [0.717, 1.165) is 26.6 Å². The molecule has 0 spiro atoms. The Bertz CT molecular complexity index is 1000. The molecule has 4 rings (SSSR count). The minimum atomic E-state index is -0.194. The summed E-state index contributed by atoms with van der Waals surface area (Å²) in [6.07, 6.45) is 0. The average molecular weight is 428 g/mol. The molecule has 0 aliphatic carbocycles. The van der Waals surface area contributed by atoms with Gasteiger partial charge < -0.3 is 19.5 Å². The minimum absolute atomic E-state index is 0.0637. The van der Waals surface area contributed by atoms with Gasteiger partial charge in [0.1, 0.15) is 5.75 Å². The summed E-state index contributed by atoms with van der Waals surface area (Å²) >= 11 is 3.57. The maximum Gasteiger partial charge on any atom is 0.258 e. The van der Waals surface area contributed by atoms with E-state index in [4.69, 9.17) is 14.2 Å². The Morgan fingerprint density at radius 3 is 2.85 bits per heavy atom. The number of rotatable bonds is 5. The first kappa shape index (κ1) is 17.7. The highest BCUT2D eigenvalue weighted by atomic mass is 79.9. The molecule has 1 aliphatic rings. The Morgan fingerprint density at radius 2 is 1.96 bits per heavy atom. The van der Waals surface area contributed by atoms with E-state index in [2.05, 4.69) is 21.2 Å². The molecule has 3 aromatic carbocycles. The summed E-state index contributed by atoms with van der Waals surface area (Å²) in [5.74, 6) is 1.87. The first-order chi connectivity index (χ1) is 13.1. The van der Waals surface area contributed by atoms with Crippen LogP contribution in [0.15, 0.2) is 59.1 Å². The number of amides is 1. The molecule has 1 aliphatic heterocycles. The Kier molecular flexibility index (Phi) is 4.90. The molecule has 1 amide bonds. The van der Waals surface area contributed by atoms with Gasteiger partial charge in [0.05, 0.1) is 10.5 Å². The van der Waals surface area contributed by atoms with Gasteiger partial charge in [-0.25, -0.2) is 0 Å². The maximum absolute atomic E-state index is 12.3. The molecule has 27 heavy (non-hydrogen) atoms. The van der Waals surface area contributed by atoms with Crippen molar-refractivity contribution in [3.05, 3.63) is 64.6 Å². The fourth-order valence-electron chi connectivity index (χ4n) is 3.02. The van der Waals surface area contributed by atoms with Crippen LogP contribution in [0.25, 0.3) is 10.8 Å². The second-order valence-corrected chi connectivity index (χ2v) is 7.08. The molecule has 138 valence electrons. The van der Waals surface area contributed by atoms with Crippen LogP contribution in [0.2, 0.25) is 0 Å². The number of carbonyl (C=O) groups is 1. The maximum atomic E-state index is 12.3. The van der Waals surface area contributed by atoms with Gasteiger partial charge in [0.15, 0.2) is 18.1 Å². The molecule has 3 aromatic rings. The number of hydrogen-bond acceptors (Lipinski definition) is 4. The van der Waals surface area contributed by atoms with E-state index >= 15 is 0 Å². The predicted molar refractivity (Wildman–Crippen MR) is 106 cm³/mol. The molecule has 1 N–H and O–H groups in total. The Labute approximate surface area is 165 Å². The number of fused-ring (bicyclic) bond motifs is 2. The molecule has 5 nitrogen and oxygen atoms in total. The van der Waals surface area contributed by atoms with Gasteiger partial charge in [0.2, 0.25) is 6.79 Å². The van der Waals surface area contributed by atoms with Crippen molar-refractivity contribution in [3.8, 4) is 17.2 Å². The SMILES string of the molecule is CC(NC(=O)COc1ccc2ccccc2c1Br)c1ccc2c(c1)OCO2. The number of benzene rings is 3. The fraction of sp³-hybridized carbons (Fsp3) is 0.190. The molecule has 1 heterocycles. The van der Waals surface area contributed by atoms with Crippen LogP contribution in [-0.4, -0.2) is 19.3 Å². The highest BCUT2D eigenvalue weighted by molar-refractivity contribution is 9.10. The van der Waals surface area contributed by atoms with E-state index in [-0.39, 0.29) is 25.3 Å². The highest BCUT2D eigenvalue weighted by Crippen LogP contribution is 2.34. The zero-order chi connectivity index (χ0) is 18.8. The Morgan fingerprint density at radius 1 is 1.15 bits per heavy atom. The van der Waals surface area contributed by atoms with Crippen molar-refractivity contribution >= 4 is 32.6 Å². The van der Waals surface area contributed by atoms with Crippen LogP contribution in [-0.2, 0) is 4.79 Å². The zero-order valence-corrected chi connectivity index (χ0v) is 16.3. The minimum Gasteiger partial charge on any atom is -0.483 e. The van der Waals surface area contributed by atoms with E-state index in [9.17, 15) is 4.79 Å². The van der Waals surface area contributed by atoms with E-state index in [0.29, 0.717) is 11.5 Å². The van der Waals surface area contributed by atoms with E-state index in [1.54, 1.807) is 0 Å². The number of hydrogen-bond donors (Lipinski definition) is 1. The second kappa shape index (κ2) is 7.48. The van der Waals surface area contributed by atoms with Crippen molar-refractivity contribution in [2.75, 3.05) is 13.4 Å². The summed E-state index contributed by atoms with van der Waals surface area (Å²) in [6.45, 7) is 2.08. The van der Waals surface area contributed by atoms with Gasteiger partial charge in [-0.2, -0.15) is 0 Å². The standard InChI is InChI=1S/C21H18BrNO4/c1-13(15-7-8-17-19(10-15)27-12-26-17)23-20(24)11-25-18-9-6-14-4-2-3-5-16(14)21(18)22/h2-10,13H,11-12H2,1H3,(H,23,24). The molecule has 1 unspecified atom stereocenters. The van der Waals surface area contributed by atoms with Crippen molar-refractivity contribution in [1.29, 1.82) is 0 Å². The molecule has 0 fully saturated rings. The van der Waals surface area contributed by atoms with Gasteiger partial charge in [-0.05, 0) is 57.4 Å².